The van der Waals surface area contributed by atoms with Gasteiger partial charge >= 0.3 is 0 Å². The summed E-state index contributed by atoms with van der Waals surface area (Å²) in [6, 6.07) is 5.95. The predicted octanol–water partition coefficient (Wildman–Crippen LogP) is 0.215. The van der Waals surface area contributed by atoms with E-state index in [0.29, 0.717) is 18.7 Å². The fourth-order valence-corrected chi connectivity index (χ4v) is 1.29. The number of nitro benzene ring substituents is 1. The van der Waals surface area contributed by atoms with Crippen molar-refractivity contribution in [3.05, 3.63) is 39.9 Å². The van der Waals surface area contributed by atoms with Gasteiger partial charge in [-0.1, -0.05) is 0 Å². The largest absolute Gasteiger partial charge is 0.394 e. The van der Waals surface area contributed by atoms with Crippen molar-refractivity contribution in [3.63, 3.8) is 0 Å². The summed E-state index contributed by atoms with van der Waals surface area (Å²) < 4.78 is 0. The average Bonchev–Trinajstić information content (AvgIpc) is 2.37. The second-order valence-corrected chi connectivity index (χ2v) is 3.49. The normalized spacial score (nSPS) is 10.8. The quantitative estimate of drug-likeness (QED) is 0.411. The molecule has 0 radical (unpaired) electrons. The topological polar surface area (TPSA) is 99.2 Å². The van der Waals surface area contributed by atoms with E-state index in [2.05, 4.69) is 5.10 Å². The Balaban J connectivity index is 2.67. The van der Waals surface area contributed by atoms with Gasteiger partial charge in [-0.15, -0.1) is 0 Å². The molecule has 0 aliphatic heterocycles. The highest BCUT2D eigenvalue weighted by Crippen LogP contribution is 2.10. The molecule has 0 atom stereocenters. The summed E-state index contributed by atoms with van der Waals surface area (Å²) in [4.78, 5) is 9.99. The number of nitrogens with zero attached hydrogens (tertiary/aromatic N) is 3. The maximum absolute atomic E-state index is 10.5. The first-order chi connectivity index (χ1) is 8.67. The number of hydrazone groups is 1. The highest BCUT2D eigenvalue weighted by molar-refractivity contribution is 5.79. The molecule has 0 unspecified atom stereocenters. The van der Waals surface area contributed by atoms with E-state index in [9.17, 15) is 10.1 Å². The van der Waals surface area contributed by atoms with Gasteiger partial charge in [0, 0.05) is 12.1 Å². The Labute approximate surface area is 104 Å². The first-order valence-electron chi connectivity index (χ1n) is 5.42. The van der Waals surface area contributed by atoms with Crippen molar-refractivity contribution in [1.29, 1.82) is 0 Å². The summed E-state index contributed by atoms with van der Waals surface area (Å²) in [5.74, 6) is 0. The molecular formula is C11H15N3O4. The molecule has 0 saturated heterocycles. The van der Waals surface area contributed by atoms with Crippen LogP contribution in [0.25, 0.3) is 0 Å². The molecule has 1 aromatic rings. The monoisotopic (exact) mass is 253 g/mol. The molecule has 1 aromatic carbocycles. The second-order valence-electron chi connectivity index (χ2n) is 3.49. The number of nitro groups is 1. The van der Waals surface area contributed by atoms with Gasteiger partial charge < -0.3 is 10.2 Å². The highest BCUT2D eigenvalue weighted by Gasteiger charge is 2.03. The smallest absolute Gasteiger partial charge is 0.269 e. The van der Waals surface area contributed by atoms with Crippen LogP contribution < -0.4 is 0 Å². The van der Waals surface area contributed by atoms with E-state index in [4.69, 9.17) is 10.2 Å². The van der Waals surface area contributed by atoms with Crippen LogP contribution in [0.15, 0.2) is 29.4 Å². The number of rotatable bonds is 7. The molecule has 1 rings (SSSR count). The summed E-state index contributed by atoms with van der Waals surface area (Å²) in [5.41, 5.74) is 0.733. The Bertz CT molecular complexity index is 399. The molecular weight excluding hydrogens is 238 g/mol. The Morgan fingerprint density at radius 2 is 1.78 bits per heavy atom. The van der Waals surface area contributed by atoms with Crippen molar-refractivity contribution in [2.24, 2.45) is 5.10 Å². The van der Waals surface area contributed by atoms with E-state index in [0.717, 1.165) is 0 Å². The van der Waals surface area contributed by atoms with Gasteiger partial charge in [-0.25, -0.2) is 0 Å². The van der Waals surface area contributed by atoms with Crippen LogP contribution >= 0.6 is 0 Å². The van der Waals surface area contributed by atoms with E-state index in [1.54, 1.807) is 12.1 Å². The van der Waals surface area contributed by atoms with E-state index in [1.165, 1.54) is 23.4 Å². The number of hydrogen-bond donors (Lipinski definition) is 2. The van der Waals surface area contributed by atoms with Gasteiger partial charge in [-0.3, -0.25) is 15.1 Å². The zero-order valence-corrected chi connectivity index (χ0v) is 9.77. The Morgan fingerprint density at radius 3 is 2.22 bits per heavy atom. The molecule has 0 bridgehead atoms. The Kier molecular flexibility index (Phi) is 5.75. The van der Waals surface area contributed by atoms with Gasteiger partial charge in [0.25, 0.3) is 5.69 Å². The van der Waals surface area contributed by atoms with Crippen molar-refractivity contribution in [3.8, 4) is 0 Å². The van der Waals surface area contributed by atoms with Crippen LogP contribution in [0, 0.1) is 10.1 Å². The van der Waals surface area contributed by atoms with Crippen LogP contribution in [-0.2, 0) is 0 Å². The van der Waals surface area contributed by atoms with E-state index < -0.39 is 4.92 Å². The lowest BCUT2D eigenvalue weighted by molar-refractivity contribution is -0.384. The van der Waals surface area contributed by atoms with Crippen molar-refractivity contribution in [2.75, 3.05) is 26.3 Å². The molecule has 98 valence electrons. The van der Waals surface area contributed by atoms with E-state index in [-0.39, 0.29) is 18.9 Å². The predicted molar refractivity (Wildman–Crippen MR) is 66.4 cm³/mol. The van der Waals surface area contributed by atoms with Gasteiger partial charge in [0.15, 0.2) is 0 Å². The number of non-ortho nitro benzene ring substituents is 1. The number of benzene rings is 1. The lowest BCUT2D eigenvalue weighted by Crippen LogP contribution is -2.24. The van der Waals surface area contributed by atoms with Gasteiger partial charge in [0.2, 0.25) is 0 Å². The zero-order valence-electron chi connectivity index (χ0n) is 9.77. The fraction of sp³-hybridized carbons (Fsp3) is 0.364. The maximum Gasteiger partial charge on any atom is 0.269 e. The van der Waals surface area contributed by atoms with Crippen LogP contribution in [0.4, 0.5) is 5.69 Å². The first kappa shape index (κ1) is 14.1. The third-order valence-electron chi connectivity index (χ3n) is 2.19. The summed E-state index contributed by atoms with van der Waals surface area (Å²) in [6.45, 7) is 0.531. The molecule has 0 saturated carbocycles. The lowest BCUT2D eigenvalue weighted by atomic mass is 10.2. The molecule has 7 nitrogen and oxygen atoms in total. The third kappa shape index (κ3) is 4.48. The van der Waals surface area contributed by atoms with Gasteiger partial charge in [-0.2, -0.15) is 5.10 Å². The molecule has 0 aliphatic rings. The van der Waals surface area contributed by atoms with E-state index >= 15 is 0 Å². The third-order valence-corrected chi connectivity index (χ3v) is 2.19. The SMILES string of the molecule is O=[N+]([O-])c1ccc(/C=N/N(CCO)CCO)cc1. The second kappa shape index (κ2) is 7.36. The minimum atomic E-state index is -0.468. The molecule has 0 amide bonds. The average molecular weight is 253 g/mol. The van der Waals surface area contributed by atoms with Crippen molar-refractivity contribution in [1.82, 2.24) is 5.01 Å². The number of aliphatic hydroxyl groups is 2. The molecule has 7 heteroatoms. The van der Waals surface area contributed by atoms with Crippen LogP contribution in [0.3, 0.4) is 0 Å². The molecule has 0 fully saturated rings. The van der Waals surface area contributed by atoms with Gasteiger partial charge in [0.1, 0.15) is 0 Å². The molecule has 2 N–H and O–H groups in total. The van der Waals surface area contributed by atoms with Gasteiger partial charge in [-0.05, 0) is 17.7 Å². The Hall–Kier alpha value is -1.99. The molecule has 0 aromatic heterocycles. The summed E-state index contributed by atoms with van der Waals surface area (Å²) in [6.07, 6.45) is 1.52. The molecule has 0 aliphatic carbocycles. The summed E-state index contributed by atoms with van der Waals surface area (Å²) in [7, 11) is 0. The zero-order chi connectivity index (χ0) is 13.4. The number of aliphatic hydroxyl groups excluding tert-OH is 2. The fourth-order valence-electron chi connectivity index (χ4n) is 1.29. The highest BCUT2D eigenvalue weighted by atomic mass is 16.6. The van der Waals surface area contributed by atoms with Crippen LogP contribution in [0.5, 0.6) is 0 Å². The van der Waals surface area contributed by atoms with Crippen molar-refractivity contribution in [2.45, 2.75) is 0 Å². The molecule has 0 heterocycles. The van der Waals surface area contributed by atoms with Gasteiger partial charge in [0.05, 0.1) is 37.4 Å². The van der Waals surface area contributed by atoms with Crippen LogP contribution in [-0.4, -0.2) is 52.7 Å². The minimum Gasteiger partial charge on any atom is -0.394 e. The van der Waals surface area contributed by atoms with Crippen molar-refractivity contribution < 1.29 is 15.1 Å². The molecule has 0 spiro atoms. The van der Waals surface area contributed by atoms with Crippen LogP contribution in [0.2, 0.25) is 0 Å². The van der Waals surface area contributed by atoms with Crippen molar-refractivity contribution >= 4 is 11.9 Å². The minimum absolute atomic E-state index is 0.0229. The standard InChI is InChI=1S/C11H15N3O4/c15-7-5-13(6-8-16)12-9-10-1-3-11(4-2-10)14(17)18/h1-4,9,15-16H,5-8H2/b12-9+. The van der Waals surface area contributed by atoms with Crippen LogP contribution in [0.1, 0.15) is 5.56 Å². The number of hydrogen-bond acceptors (Lipinski definition) is 6. The summed E-state index contributed by atoms with van der Waals surface area (Å²) >= 11 is 0. The molecule has 18 heavy (non-hydrogen) atoms. The van der Waals surface area contributed by atoms with E-state index in [1.807, 2.05) is 0 Å². The lowest BCUT2D eigenvalue weighted by Gasteiger charge is -2.15. The first-order valence-corrected chi connectivity index (χ1v) is 5.42. The summed E-state index contributed by atoms with van der Waals surface area (Å²) in [5, 5.41) is 33.6. The Morgan fingerprint density at radius 1 is 1.22 bits per heavy atom. The maximum atomic E-state index is 10.5.